The van der Waals surface area contributed by atoms with Crippen LogP contribution >= 0.6 is 0 Å². The van der Waals surface area contributed by atoms with Gasteiger partial charge in [0.1, 0.15) is 0 Å². The van der Waals surface area contributed by atoms with Crippen LogP contribution in [0.3, 0.4) is 0 Å². The Hall–Kier alpha value is -1.71. The lowest BCUT2D eigenvalue weighted by molar-refractivity contribution is -0.103. The van der Waals surface area contributed by atoms with E-state index in [9.17, 15) is 8.42 Å². The second kappa shape index (κ2) is 14.4. The highest BCUT2D eigenvalue weighted by Crippen LogP contribution is 2.24. The summed E-state index contributed by atoms with van der Waals surface area (Å²) < 4.78 is 25.9. The van der Waals surface area contributed by atoms with Gasteiger partial charge in [0, 0.05) is 31.2 Å². The number of nitrogens with one attached hydrogen (secondary N) is 3. The van der Waals surface area contributed by atoms with Crippen LogP contribution < -0.4 is 10.6 Å². The van der Waals surface area contributed by atoms with Gasteiger partial charge in [0.15, 0.2) is 5.96 Å². The normalized spacial score (nSPS) is 15.2. The zero-order chi connectivity index (χ0) is 22.4. The third-order valence-corrected chi connectivity index (χ3v) is 7.26. The number of hydrogen-bond donors (Lipinski definition) is 3. The molecule has 0 atom stereocenters. The van der Waals surface area contributed by atoms with Crippen LogP contribution in [0.25, 0.3) is 0 Å². The predicted molar refractivity (Wildman–Crippen MR) is 125 cm³/mol. The van der Waals surface area contributed by atoms with Crippen LogP contribution in [-0.2, 0) is 14.9 Å². The summed E-state index contributed by atoms with van der Waals surface area (Å²) in [5.74, 6) is 0.840. The molecular weight excluding hydrogens is 414 g/mol. The molecule has 0 unspecified atom stereocenters. The Kier molecular flexibility index (Phi) is 11.8. The lowest BCUT2D eigenvalue weighted by Gasteiger charge is -2.26. The summed E-state index contributed by atoms with van der Waals surface area (Å²) in [6, 6.07) is 3.63. The van der Waals surface area contributed by atoms with E-state index in [0.717, 1.165) is 57.2 Å². The first-order valence-electron chi connectivity index (χ1n) is 11.6. The number of pyridine rings is 1. The van der Waals surface area contributed by atoms with Crippen molar-refractivity contribution in [3.63, 3.8) is 0 Å². The highest BCUT2D eigenvalue weighted by Gasteiger charge is 2.23. The minimum Gasteiger partial charge on any atom is -0.356 e. The van der Waals surface area contributed by atoms with Gasteiger partial charge >= 0.3 is 0 Å². The number of anilines is 1. The summed E-state index contributed by atoms with van der Waals surface area (Å²) in [6.07, 6.45) is 14.2. The van der Waals surface area contributed by atoms with Gasteiger partial charge in [0.2, 0.25) is 10.0 Å². The lowest BCUT2D eigenvalue weighted by atomic mass is 9.90. The second-order valence-corrected chi connectivity index (χ2v) is 10.3. The lowest BCUT2D eigenvalue weighted by Crippen LogP contribution is -2.35. The van der Waals surface area contributed by atoms with Crippen molar-refractivity contribution < 1.29 is 13.3 Å². The van der Waals surface area contributed by atoms with Crippen LogP contribution in [0.5, 0.6) is 0 Å². The number of hydrogen-bond acceptors (Lipinski definition) is 5. The Labute approximate surface area is 187 Å². The van der Waals surface area contributed by atoms with E-state index < -0.39 is 10.0 Å². The molecule has 0 spiro atoms. The molecule has 1 fully saturated rings. The third-order valence-electron chi connectivity index (χ3n) is 5.62. The monoisotopic (exact) mass is 453 g/mol. The summed E-state index contributed by atoms with van der Waals surface area (Å²) in [7, 11) is -3.33. The summed E-state index contributed by atoms with van der Waals surface area (Å²) >= 11 is 0. The maximum atomic E-state index is 12.3. The Morgan fingerprint density at radius 1 is 1.13 bits per heavy atom. The minimum absolute atomic E-state index is 0.0722. The Morgan fingerprint density at radius 2 is 1.81 bits per heavy atom. The highest BCUT2D eigenvalue weighted by molar-refractivity contribution is 7.88. The van der Waals surface area contributed by atoms with E-state index in [0.29, 0.717) is 19.1 Å². The zero-order valence-corrected chi connectivity index (χ0v) is 19.6. The van der Waals surface area contributed by atoms with Crippen molar-refractivity contribution in [1.29, 1.82) is 5.41 Å². The molecule has 1 heterocycles. The van der Waals surface area contributed by atoms with E-state index in [4.69, 9.17) is 10.2 Å². The molecule has 0 aliphatic heterocycles. The SMILES string of the molecule is CCS(=O)(=O)N(CCCCCCCNC(=N)Nc1ccncc1)OCC1CCCCC1. The summed E-state index contributed by atoms with van der Waals surface area (Å²) in [6.45, 7) is 3.35. The predicted octanol–water partition coefficient (Wildman–Crippen LogP) is 4.13. The molecule has 1 aliphatic rings. The molecule has 1 saturated carbocycles. The fourth-order valence-corrected chi connectivity index (χ4v) is 4.62. The van der Waals surface area contributed by atoms with Crippen molar-refractivity contribution in [3.05, 3.63) is 24.5 Å². The molecule has 0 bridgehead atoms. The molecule has 1 aromatic heterocycles. The average molecular weight is 454 g/mol. The van der Waals surface area contributed by atoms with E-state index in [1.165, 1.54) is 23.7 Å². The van der Waals surface area contributed by atoms with Gasteiger partial charge in [-0.05, 0) is 50.7 Å². The van der Waals surface area contributed by atoms with Gasteiger partial charge in [-0.3, -0.25) is 15.2 Å². The Bertz CT molecular complexity index is 724. The molecule has 1 aromatic rings. The van der Waals surface area contributed by atoms with Crippen LogP contribution in [0.4, 0.5) is 5.69 Å². The first-order chi connectivity index (χ1) is 15.0. The van der Waals surface area contributed by atoms with Crippen molar-refractivity contribution in [2.75, 3.05) is 30.8 Å². The van der Waals surface area contributed by atoms with Gasteiger partial charge in [0.05, 0.1) is 12.4 Å². The van der Waals surface area contributed by atoms with Crippen molar-refractivity contribution in [2.45, 2.75) is 71.1 Å². The Morgan fingerprint density at radius 3 is 2.52 bits per heavy atom. The standard InChI is InChI=1S/C22H39N5O3S/c1-2-31(28,29)27(30-19-20-11-7-6-8-12-20)18-10-5-3-4-9-15-25-22(23)26-21-13-16-24-17-14-21/h13-14,16-17,20H,2-12,15,18-19H2,1H3,(H3,23,24,25,26). The molecule has 1 aliphatic carbocycles. The first kappa shape index (κ1) is 25.5. The molecule has 0 radical (unpaired) electrons. The van der Waals surface area contributed by atoms with Crippen molar-refractivity contribution in [2.24, 2.45) is 5.92 Å². The second-order valence-electron chi connectivity index (χ2n) is 8.16. The topological polar surface area (TPSA) is 107 Å². The number of nitrogens with zero attached hydrogens (tertiary/aromatic N) is 2. The van der Waals surface area contributed by atoms with Gasteiger partial charge in [-0.1, -0.05) is 43.0 Å². The number of sulfonamides is 1. The van der Waals surface area contributed by atoms with Crippen LogP contribution in [-0.4, -0.2) is 49.3 Å². The van der Waals surface area contributed by atoms with Crippen LogP contribution in [0.1, 0.15) is 71.1 Å². The fraction of sp³-hybridized carbons (Fsp3) is 0.727. The molecule has 176 valence electrons. The maximum absolute atomic E-state index is 12.3. The molecule has 3 N–H and O–H groups in total. The molecular formula is C22H39N5O3S. The van der Waals surface area contributed by atoms with Crippen LogP contribution in [0.15, 0.2) is 24.5 Å². The fourth-order valence-electron chi connectivity index (χ4n) is 3.70. The summed E-state index contributed by atoms with van der Waals surface area (Å²) in [5, 5.41) is 13.9. The van der Waals surface area contributed by atoms with Gasteiger partial charge in [-0.15, -0.1) is 0 Å². The average Bonchev–Trinajstić information content (AvgIpc) is 2.78. The van der Waals surface area contributed by atoms with E-state index in [1.54, 1.807) is 19.3 Å². The molecule has 8 nitrogen and oxygen atoms in total. The number of guanidine groups is 1. The Balaban J connectivity index is 1.55. The number of unbranched alkanes of at least 4 members (excludes halogenated alkanes) is 4. The van der Waals surface area contributed by atoms with Gasteiger partial charge in [-0.25, -0.2) is 8.42 Å². The van der Waals surface area contributed by atoms with E-state index in [1.807, 2.05) is 12.1 Å². The first-order valence-corrected chi connectivity index (χ1v) is 13.2. The van der Waals surface area contributed by atoms with E-state index >= 15 is 0 Å². The summed E-state index contributed by atoms with van der Waals surface area (Å²) in [5.41, 5.74) is 0.838. The summed E-state index contributed by atoms with van der Waals surface area (Å²) in [4.78, 5) is 9.71. The number of hydroxylamine groups is 1. The quantitative estimate of drug-likeness (QED) is 0.169. The number of rotatable bonds is 14. The molecule has 0 amide bonds. The maximum Gasteiger partial charge on any atom is 0.235 e. The number of aromatic nitrogens is 1. The van der Waals surface area contributed by atoms with Crippen molar-refractivity contribution in [1.82, 2.24) is 14.8 Å². The van der Waals surface area contributed by atoms with Crippen molar-refractivity contribution >= 4 is 21.7 Å². The zero-order valence-electron chi connectivity index (χ0n) is 18.8. The third kappa shape index (κ3) is 10.4. The molecule has 2 rings (SSSR count). The largest absolute Gasteiger partial charge is 0.356 e. The smallest absolute Gasteiger partial charge is 0.235 e. The highest BCUT2D eigenvalue weighted by atomic mass is 32.2. The van der Waals surface area contributed by atoms with Gasteiger partial charge in [-0.2, -0.15) is 0 Å². The molecule has 0 aromatic carbocycles. The van der Waals surface area contributed by atoms with E-state index in [2.05, 4.69) is 15.6 Å². The van der Waals surface area contributed by atoms with Crippen LogP contribution in [0, 0.1) is 11.3 Å². The van der Waals surface area contributed by atoms with Gasteiger partial charge in [0.25, 0.3) is 0 Å². The van der Waals surface area contributed by atoms with E-state index in [-0.39, 0.29) is 11.7 Å². The van der Waals surface area contributed by atoms with Gasteiger partial charge < -0.3 is 10.6 Å². The van der Waals surface area contributed by atoms with Crippen molar-refractivity contribution in [3.8, 4) is 0 Å². The van der Waals surface area contributed by atoms with Crippen LogP contribution in [0.2, 0.25) is 0 Å². The molecule has 9 heteroatoms. The molecule has 0 saturated heterocycles. The minimum atomic E-state index is -3.33. The molecule has 31 heavy (non-hydrogen) atoms.